The number of fused-ring (bicyclic) bond motifs is 1. The van der Waals surface area contributed by atoms with Crippen molar-refractivity contribution in [1.29, 1.82) is 0 Å². The number of benzene rings is 2. The highest BCUT2D eigenvalue weighted by molar-refractivity contribution is 5.80. The predicted molar refractivity (Wildman–Crippen MR) is 68.0 cm³/mol. The van der Waals surface area contributed by atoms with Gasteiger partial charge in [-0.3, -0.25) is 0 Å². The monoisotopic (exact) mass is 260 g/mol. The number of halogens is 2. The quantitative estimate of drug-likeness (QED) is 0.765. The van der Waals surface area contributed by atoms with Crippen LogP contribution in [-0.2, 0) is 0 Å². The molecule has 0 radical (unpaired) electrons. The van der Waals surface area contributed by atoms with Gasteiger partial charge >= 0.3 is 0 Å². The predicted octanol–water partition coefficient (Wildman–Crippen LogP) is 3.52. The Kier molecular flexibility index (Phi) is 2.67. The molecule has 5 heteroatoms. The zero-order valence-electron chi connectivity index (χ0n) is 10.1. The molecule has 3 nitrogen and oxygen atoms in total. The molecule has 0 spiro atoms. The van der Waals surface area contributed by atoms with Crippen molar-refractivity contribution >= 4 is 11.0 Å². The lowest BCUT2D eigenvalue weighted by Crippen LogP contribution is -1.83. The summed E-state index contributed by atoms with van der Waals surface area (Å²) in [6, 6.07) is 9.19. The fourth-order valence-corrected chi connectivity index (χ4v) is 1.93. The Morgan fingerprint density at radius 2 is 1.84 bits per heavy atom. The van der Waals surface area contributed by atoms with Crippen LogP contribution in [0.2, 0.25) is 0 Å². The van der Waals surface area contributed by atoms with Crippen LogP contribution in [0.4, 0.5) is 8.78 Å². The van der Waals surface area contributed by atoms with Crippen LogP contribution < -0.4 is 4.74 Å². The number of hydrogen-bond acceptors (Lipinski definition) is 2. The van der Waals surface area contributed by atoms with Crippen LogP contribution in [0.1, 0.15) is 0 Å². The summed E-state index contributed by atoms with van der Waals surface area (Å²) in [6.07, 6.45) is 0. The molecule has 1 N–H and O–H groups in total. The Bertz CT molecular complexity index is 735. The Morgan fingerprint density at radius 1 is 1.11 bits per heavy atom. The number of aromatic amines is 1. The number of imidazole rings is 1. The molecule has 0 amide bonds. The van der Waals surface area contributed by atoms with Gasteiger partial charge in [0.2, 0.25) is 0 Å². The average molecular weight is 260 g/mol. The first-order chi connectivity index (χ1) is 9.17. The van der Waals surface area contributed by atoms with E-state index in [1.165, 1.54) is 6.07 Å². The lowest BCUT2D eigenvalue weighted by atomic mass is 10.2. The number of methoxy groups -OCH3 is 1. The summed E-state index contributed by atoms with van der Waals surface area (Å²) < 4.78 is 31.7. The van der Waals surface area contributed by atoms with Crippen LogP contribution in [0.3, 0.4) is 0 Å². The molecule has 0 aliphatic heterocycles. The van der Waals surface area contributed by atoms with Crippen LogP contribution in [0.25, 0.3) is 22.4 Å². The minimum atomic E-state index is -0.675. The molecule has 96 valence electrons. The SMILES string of the molecule is COc1ccc(-c2nc3c(F)cc(F)cc3[nH]2)cc1. The van der Waals surface area contributed by atoms with Gasteiger partial charge in [-0.2, -0.15) is 0 Å². The van der Waals surface area contributed by atoms with Gasteiger partial charge in [-0.15, -0.1) is 0 Å². The van der Waals surface area contributed by atoms with E-state index in [0.717, 1.165) is 17.4 Å². The molecule has 19 heavy (non-hydrogen) atoms. The van der Waals surface area contributed by atoms with Gasteiger partial charge in [0, 0.05) is 11.6 Å². The summed E-state index contributed by atoms with van der Waals surface area (Å²) in [6.45, 7) is 0. The second-order valence-electron chi connectivity index (χ2n) is 4.10. The molecule has 0 saturated carbocycles. The van der Waals surface area contributed by atoms with Crippen molar-refractivity contribution in [2.24, 2.45) is 0 Å². The van der Waals surface area contributed by atoms with Crippen LogP contribution in [0.15, 0.2) is 36.4 Å². The van der Waals surface area contributed by atoms with Crippen LogP contribution in [0.5, 0.6) is 5.75 Å². The van der Waals surface area contributed by atoms with Crippen molar-refractivity contribution in [2.75, 3.05) is 7.11 Å². The molecule has 0 aliphatic carbocycles. The number of rotatable bonds is 2. The van der Waals surface area contributed by atoms with Gasteiger partial charge in [0.15, 0.2) is 5.82 Å². The first-order valence-electron chi connectivity index (χ1n) is 5.66. The molecule has 2 aromatic carbocycles. The molecule has 0 fully saturated rings. The Balaban J connectivity index is 2.12. The summed E-state index contributed by atoms with van der Waals surface area (Å²) in [5.41, 5.74) is 1.24. The molecule has 1 heterocycles. The minimum absolute atomic E-state index is 0.132. The fourth-order valence-electron chi connectivity index (χ4n) is 1.93. The van der Waals surface area contributed by atoms with E-state index in [4.69, 9.17) is 4.74 Å². The Hall–Kier alpha value is -2.43. The summed E-state index contributed by atoms with van der Waals surface area (Å²) in [7, 11) is 1.58. The molecular formula is C14H10F2N2O. The van der Waals surface area contributed by atoms with Gasteiger partial charge in [-0.05, 0) is 30.3 Å². The number of nitrogens with zero attached hydrogens (tertiary/aromatic N) is 1. The van der Waals surface area contributed by atoms with Gasteiger partial charge in [-0.25, -0.2) is 13.8 Å². The zero-order valence-corrected chi connectivity index (χ0v) is 10.1. The number of aromatic nitrogens is 2. The number of nitrogens with one attached hydrogen (secondary N) is 1. The molecule has 0 saturated heterocycles. The highest BCUT2D eigenvalue weighted by Gasteiger charge is 2.10. The van der Waals surface area contributed by atoms with Crippen molar-refractivity contribution in [3.63, 3.8) is 0 Å². The van der Waals surface area contributed by atoms with E-state index in [2.05, 4.69) is 9.97 Å². The first-order valence-corrected chi connectivity index (χ1v) is 5.66. The van der Waals surface area contributed by atoms with Gasteiger partial charge in [0.05, 0.1) is 12.6 Å². The minimum Gasteiger partial charge on any atom is -0.497 e. The fraction of sp³-hybridized carbons (Fsp3) is 0.0714. The van der Waals surface area contributed by atoms with E-state index in [-0.39, 0.29) is 5.52 Å². The molecule has 3 aromatic rings. The zero-order chi connectivity index (χ0) is 13.4. The molecule has 0 atom stereocenters. The van der Waals surface area contributed by atoms with Crippen LogP contribution in [0, 0.1) is 11.6 Å². The van der Waals surface area contributed by atoms with E-state index in [9.17, 15) is 8.78 Å². The Labute approximate surface area is 107 Å². The van der Waals surface area contributed by atoms with Crippen molar-refractivity contribution < 1.29 is 13.5 Å². The normalized spacial score (nSPS) is 10.9. The van der Waals surface area contributed by atoms with Crippen LogP contribution in [-0.4, -0.2) is 17.1 Å². The number of hydrogen-bond donors (Lipinski definition) is 1. The molecular weight excluding hydrogens is 250 g/mol. The lowest BCUT2D eigenvalue weighted by molar-refractivity contribution is 0.415. The van der Waals surface area contributed by atoms with E-state index >= 15 is 0 Å². The second-order valence-corrected chi connectivity index (χ2v) is 4.10. The third-order valence-corrected chi connectivity index (χ3v) is 2.87. The molecule has 1 aromatic heterocycles. The molecule has 3 rings (SSSR count). The maximum atomic E-state index is 13.6. The topological polar surface area (TPSA) is 37.9 Å². The lowest BCUT2D eigenvalue weighted by Gasteiger charge is -2.00. The molecule has 0 aliphatic rings. The summed E-state index contributed by atoms with van der Waals surface area (Å²) >= 11 is 0. The third-order valence-electron chi connectivity index (χ3n) is 2.87. The highest BCUT2D eigenvalue weighted by atomic mass is 19.1. The summed E-state index contributed by atoms with van der Waals surface area (Å²) in [5, 5.41) is 0. The van der Waals surface area contributed by atoms with E-state index in [0.29, 0.717) is 11.3 Å². The van der Waals surface area contributed by atoms with Crippen molar-refractivity contribution in [2.45, 2.75) is 0 Å². The average Bonchev–Trinajstić information content (AvgIpc) is 2.83. The van der Waals surface area contributed by atoms with E-state index in [1.807, 2.05) is 0 Å². The highest BCUT2D eigenvalue weighted by Crippen LogP contribution is 2.24. The van der Waals surface area contributed by atoms with Crippen molar-refractivity contribution in [3.05, 3.63) is 48.0 Å². The number of ether oxygens (including phenoxy) is 1. The third kappa shape index (κ3) is 2.03. The van der Waals surface area contributed by atoms with Crippen molar-refractivity contribution in [3.8, 4) is 17.1 Å². The second kappa shape index (κ2) is 4.35. The first kappa shape index (κ1) is 11.6. The van der Waals surface area contributed by atoms with Gasteiger partial charge in [0.25, 0.3) is 0 Å². The largest absolute Gasteiger partial charge is 0.497 e. The number of H-pyrrole nitrogens is 1. The van der Waals surface area contributed by atoms with Gasteiger partial charge in [-0.1, -0.05) is 0 Å². The Morgan fingerprint density at radius 3 is 2.53 bits per heavy atom. The standard InChI is InChI=1S/C14H10F2N2O/c1-19-10-4-2-8(3-5-10)14-17-12-7-9(15)6-11(16)13(12)18-14/h2-7H,1H3,(H,17,18). The van der Waals surface area contributed by atoms with Gasteiger partial charge in [0.1, 0.15) is 22.9 Å². The molecule has 0 unspecified atom stereocenters. The van der Waals surface area contributed by atoms with Crippen molar-refractivity contribution in [1.82, 2.24) is 9.97 Å². The summed E-state index contributed by atoms with van der Waals surface area (Å²) in [4.78, 5) is 7.04. The van der Waals surface area contributed by atoms with E-state index in [1.54, 1.807) is 31.4 Å². The van der Waals surface area contributed by atoms with Crippen LogP contribution >= 0.6 is 0 Å². The maximum absolute atomic E-state index is 13.6. The van der Waals surface area contributed by atoms with Gasteiger partial charge < -0.3 is 9.72 Å². The maximum Gasteiger partial charge on any atom is 0.153 e. The molecule has 0 bridgehead atoms. The summed E-state index contributed by atoms with van der Waals surface area (Å²) in [5.74, 6) is -0.0971. The van der Waals surface area contributed by atoms with E-state index < -0.39 is 11.6 Å². The smallest absolute Gasteiger partial charge is 0.153 e.